The van der Waals surface area contributed by atoms with Crippen molar-refractivity contribution < 1.29 is 19.4 Å². The molecule has 2 heterocycles. The van der Waals surface area contributed by atoms with Gasteiger partial charge in [-0.05, 0) is 54.8 Å². The molecule has 2 aromatic heterocycles. The van der Waals surface area contributed by atoms with E-state index in [0.717, 1.165) is 35.1 Å². The number of aliphatic hydroxyl groups excluding tert-OH is 1. The van der Waals surface area contributed by atoms with Crippen LogP contribution in [-0.4, -0.2) is 45.4 Å². The van der Waals surface area contributed by atoms with Crippen molar-refractivity contribution in [3.63, 3.8) is 0 Å². The lowest BCUT2D eigenvalue weighted by atomic mass is 10.2. The van der Waals surface area contributed by atoms with Gasteiger partial charge in [-0.15, -0.1) is 0 Å². The van der Waals surface area contributed by atoms with Crippen LogP contribution in [0.15, 0.2) is 61.1 Å². The van der Waals surface area contributed by atoms with Gasteiger partial charge in [0, 0.05) is 30.9 Å². The fourth-order valence-corrected chi connectivity index (χ4v) is 4.18. The van der Waals surface area contributed by atoms with Crippen LogP contribution in [0.2, 0.25) is 5.02 Å². The highest BCUT2D eigenvalue weighted by Gasteiger charge is 2.29. The molecule has 0 bridgehead atoms. The Morgan fingerprint density at radius 1 is 1.14 bits per heavy atom. The van der Waals surface area contributed by atoms with Crippen molar-refractivity contribution in [2.24, 2.45) is 5.92 Å². The maximum Gasteiger partial charge on any atom is 0.223 e. The van der Waals surface area contributed by atoms with E-state index in [9.17, 15) is 4.79 Å². The van der Waals surface area contributed by atoms with E-state index in [1.54, 1.807) is 12.1 Å². The fraction of sp³-hybridized carbons (Fsp3) is 0.296. The Balaban J connectivity index is 1.26. The van der Waals surface area contributed by atoms with E-state index in [1.807, 2.05) is 47.2 Å². The third-order valence-electron chi connectivity index (χ3n) is 6.00. The van der Waals surface area contributed by atoms with Crippen LogP contribution in [0.4, 0.5) is 11.5 Å². The maximum atomic E-state index is 11.9. The molecule has 0 atom stereocenters. The molecule has 0 unspecified atom stereocenters. The number of fused-ring (bicyclic) bond motifs is 1. The molecule has 0 spiro atoms. The number of carbonyl (C=O) groups excluding carboxylic acids is 1. The highest BCUT2D eigenvalue weighted by molar-refractivity contribution is 6.32. The Morgan fingerprint density at radius 3 is 2.84 bits per heavy atom. The number of nitrogens with one attached hydrogen (secondary N) is 2. The smallest absolute Gasteiger partial charge is 0.223 e. The Morgan fingerprint density at radius 2 is 2.03 bits per heavy atom. The van der Waals surface area contributed by atoms with E-state index >= 15 is 0 Å². The zero-order valence-electron chi connectivity index (χ0n) is 20.2. The van der Waals surface area contributed by atoms with Crippen LogP contribution in [0.25, 0.3) is 11.0 Å². The first-order valence-corrected chi connectivity index (χ1v) is 12.6. The summed E-state index contributed by atoms with van der Waals surface area (Å²) in [6.45, 7) is 1.82. The predicted octanol–water partition coefficient (Wildman–Crippen LogP) is 4.66. The van der Waals surface area contributed by atoms with Crippen LogP contribution >= 0.6 is 11.6 Å². The zero-order chi connectivity index (χ0) is 25.6. The van der Waals surface area contributed by atoms with Crippen molar-refractivity contribution in [3.05, 3.63) is 71.6 Å². The van der Waals surface area contributed by atoms with E-state index < -0.39 is 0 Å². The molecule has 4 aromatic rings. The first-order chi connectivity index (χ1) is 18.1. The van der Waals surface area contributed by atoms with Crippen LogP contribution < -0.4 is 15.4 Å². The summed E-state index contributed by atoms with van der Waals surface area (Å²) in [6.07, 6.45) is 5.40. The first-order valence-electron chi connectivity index (χ1n) is 12.2. The molecule has 37 heavy (non-hydrogen) atoms. The highest BCUT2D eigenvalue weighted by atomic mass is 35.5. The molecular formula is C27H28ClN5O4. The molecule has 1 aliphatic rings. The number of hydrogen-bond donors (Lipinski definition) is 3. The number of anilines is 2. The van der Waals surface area contributed by atoms with Gasteiger partial charge in [0.05, 0.1) is 30.4 Å². The van der Waals surface area contributed by atoms with Crippen molar-refractivity contribution in [1.29, 1.82) is 0 Å². The number of nitrogens with zero attached hydrogens (tertiary/aromatic N) is 3. The summed E-state index contributed by atoms with van der Waals surface area (Å²) >= 11 is 6.56. The van der Waals surface area contributed by atoms with E-state index in [-0.39, 0.29) is 18.4 Å². The third-order valence-corrected chi connectivity index (χ3v) is 6.29. The van der Waals surface area contributed by atoms with Gasteiger partial charge < -0.3 is 29.8 Å². The molecule has 192 valence electrons. The molecule has 3 N–H and O–H groups in total. The molecule has 10 heteroatoms. The summed E-state index contributed by atoms with van der Waals surface area (Å²) in [5.74, 6) is 2.09. The van der Waals surface area contributed by atoms with Crippen molar-refractivity contribution >= 4 is 40.0 Å². The van der Waals surface area contributed by atoms with Crippen LogP contribution in [0, 0.1) is 5.92 Å². The lowest BCUT2D eigenvalue weighted by molar-refractivity contribution is -0.122. The summed E-state index contributed by atoms with van der Waals surface area (Å²) < 4.78 is 13.4. The van der Waals surface area contributed by atoms with Crippen molar-refractivity contribution in [2.45, 2.75) is 25.9 Å². The number of ether oxygens (including phenoxy) is 2. The van der Waals surface area contributed by atoms with Gasteiger partial charge in [0.1, 0.15) is 23.3 Å². The lowest BCUT2D eigenvalue weighted by Crippen LogP contribution is -2.24. The first kappa shape index (κ1) is 25.0. The van der Waals surface area contributed by atoms with Gasteiger partial charge in [0.15, 0.2) is 5.82 Å². The molecule has 5 rings (SSSR count). The Kier molecular flexibility index (Phi) is 7.84. The van der Waals surface area contributed by atoms with Crippen molar-refractivity contribution in [1.82, 2.24) is 19.9 Å². The molecule has 1 aliphatic carbocycles. The van der Waals surface area contributed by atoms with Crippen molar-refractivity contribution in [3.8, 4) is 11.5 Å². The molecule has 0 radical (unpaired) electrons. The number of hydrogen-bond acceptors (Lipinski definition) is 7. The Bertz CT molecular complexity index is 1390. The van der Waals surface area contributed by atoms with Gasteiger partial charge in [-0.2, -0.15) is 0 Å². The monoisotopic (exact) mass is 521 g/mol. The van der Waals surface area contributed by atoms with Crippen molar-refractivity contribution in [2.75, 3.05) is 25.1 Å². The largest absolute Gasteiger partial charge is 0.456 e. The molecule has 2 aromatic carbocycles. The second kappa shape index (κ2) is 11.6. The quantitative estimate of drug-likeness (QED) is 0.233. The second-order valence-electron chi connectivity index (χ2n) is 8.81. The number of rotatable bonds is 12. The molecule has 1 amide bonds. The van der Waals surface area contributed by atoms with E-state index in [4.69, 9.17) is 26.2 Å². The van der Waals surface area contributed by atoms with Crippen LogP contribution in [-0.2, 0) is 22.6 Å². The average Bonchev–Trinajstić information content (AvgIpc) is 3.68. The number of amides is 1. The van der Waals surface area contributed by atoms with Crippen LogP contribution in [0.1, 0.15) is 18.4 Å². The minimum Gasteiger partial charge on any atom is -0.456 e. The van der Waals surface area contributed by atoms with Crippen LogP contribution in [0.5, 0.6) is 11.5 Å². The maximum absolute atomic E-state index is 11.9. The SMILES string of the molecule is O=C(NCc1cccc(Oc2ccc(Nc3ncnc4ccn(CCOCCO)c34)cc2Cl)c1)C1CC1. The third kappa shape index (κ3) is 6.37. The summed E-state index contributed by atoms with van der Waals surface area (Å²) in [4.78, 5) is 20.7. The van der Waals surface area contributed by atoms with E-state index in [1.165, 1.54) is 6.33 Å². The van der Waals surface area contributed by atoms with Gasteiger partial charge in [-0.1, -0.05) is 23.7 Å². The Hall–Kier alpha value is -3.66. The molecule has 1 saturated carbocycles. The minimum atomic E-state index is -0.00710. The number of halogens is 1. The van der Waals surface area contributed by atoms with E-state index in [0.29, 0.717) is 48.6 Å². The number of aliphatic hydroxyl groups is 1. The van der Waals surface area contributed by atoms with Gasteiger partial charge in [-0.3, -0.25) is 4.79 Å². The summed E-state index contributed by atoms with van der Waals surface area (Å²) in [6, 6.07) is 15.0. The van der Waals surface area contributed by atoms with E-state index in [2.05, 4.69) is 20.6 Å². The number of benzene rings is 2. The normalized spacial score (nSPS) is 13.0. The summed E-state index contributed by atoms with van der Waals surface area (Å²) in [5, 5.41) is 15.6. The molecule has 0 saturated heterocycles. The van der Waals surface area contributed by atoms with Gasteiger partial charge in [-0.25, -0.2) is 9.97 Å². The number of carbonyl (C=O) groups is 1. The lowest BCUT2D eigenvalue weighted by Gasteiger charge is -2.13. The molecule has 9 nitrogen and oxygen atoms in total. The highest BCUT2D eigenvalue weighted by Crippen LogP contribution is 2.34. The van der Waals surface area contributed by atoms with Crippen LogP contribution in [0.3, 0.4) is 0 Å². The Labute approximate surface area is 219 Å². The standard InChI is InChI=1S/C27H28ClN5O4/c28-22-15-20(32-26-25-23(30-17-31-26)8-9-33(25)10-12-36-13-11-34)6-7-24(22)37-21-3-1-2-18(14-21)16-29-27(35)19-4-5-19/h1-3,6-9,14-15,17,19,34H,4-5,10-13,16H2,(H,29,35)(H,30,31,32). The van der Waals surface area contributed by atoms with Gasteiger partial charge in [0.25, 0.3) is 0 Å². The fourth-order valence-electron chi connectivity index (χ4n) is 3.96. The van der Waals surface area contributed by atoms with Gasteiger partial charge >= 0.3 is 0 Å². The molecule has 1 fully saturated rings. The summed E-state index contributed by atoms with van der Waals surface area (Å²) in [5.41, 5.74) is 3.35. The molecule has 0 aliphatic heterocycles. The topological polar surface area (TPSA) is 111 Å². The predicted molar refractivity (Wildman–Crippen MR) is 141 cm³/mol. The zero-order valence-corrected chi connectivity index (χ0v) is 20.9. The second-order valence-corrected chi connectivity index (χ2v) is 9.22. The number of aromatic nitrogens is 3. The average molecular weight is 522 g/mol. The minimum absolute atomic E-state index is 0.00710. The van der Waals surface area contributed by atoms with Gasteiger partial charge in [0.2, 0.25) is 5.91 Å². The molecular weight excluding hydrogens is 494 g/mol. The summed E-state index contributed by atoms with van der Waals surface area (Å²) in [7, 11) is 0.